The van der Waals surface area contributed by atoms with Gasteiger partial charge in [0.05, 0.1) is 13.2 Å². The predicted molar refractivity (Wildman–Crippen MR) is 86.8 cm³/mol. The molecule has 1 atom stereocenters. The van der Waals surface area contributed by atoms with Crippen LogP contribution in [0.2, 0.25) is 0 Å². The molecule has 118 valence electrons. The largest absolute Gasteiger partial charge is 0.494 e. The van der Waals surface area contributed by atoms with E-state index in [0.29, 0.717) is 6.04 Å². The summed E-state index contributed by atoms with van der Waals surface area (Å²) in [4.78, 5) is 0. The van der Waals surface area contributed by atoms with E-state index in [-0.39, 0.29) is 12.1 Å². The van der Waals surface area contributed by atoms with Gasteiger partial charge in [-0.15, -0.1) is 0 Å². The van der Waals surface area contributed by atoms with Crippen molar-refractivity contribution in [3.63, 3.8) is 0 Å². The fourth-order valence-electron chi connectivity index (χ4n) is 2.55. The molecule has 21 heavy (non-hydrogen) atoms. The fourth-order valence-corrected chi connectivity index (χ4v) is 2.55. The lowest BCUT2D eigenvalue weighted by atomic mass is 9.95. The molecule has 2 rings (SSSR count). The molecule has 0 bridgehead atoms. The van der Waals surface area contributed by atoms with Gasteiger partial charge < -0.3 is 15.2 Å². The minimum absolute atomic E-state index is 0.121. The molecular formula is C18H29NO2. The highest BCUT2D eigenvalue weighted by atomic mass is 16.5. The van der Waals surface area contributed by atoms with Crippen molar-refractivity contribution in [1.29, 1.82) is 0 Å². The maximum Gasteiger partial charge on any atom is 0.119 e. The topological polar surface area (TPSA) is 41.5 Å². The predicted octanol–water partition coefficient (Wildman–Crippen LogP) is 3.30. The lowest BCUT2D eigenvalue weighted by Crippen LogP contribution is -2.46. The van der Waals surface area contributed by atoms with Crippen LogP contribution in [0.15, 0.2) is 24.3 Å². The average molecular weight is 291 g/mol. The molecule has 1 saturated carbocycles. The van der Waals surface area contributed by atoms with Gasteiger partial charge in [-0.05, 0) is 63.1 Å². The van der Waals surface area contributed by atoms with E-state index >= 15 is 0 Å². The molecule has 0 amide bonds. The molecule has 1 aromatic rings. The van der Waals surface area contributed by atoms with Crippen LogP contribution in [-0.4, -0.2) is 29.9 Å². The molecule has 0 radical (unpaired) electrons. The standard InChI is InChI=1S/C18H29NO2/c1-3-15-6-10-17(11-7-15)21-13-5-4-12-18(2,14-20)19-16-8-9-16/h6-7,10-11,16,19-20H,3-5,8-9,12-14H2,1-2H3. The zero-order valence-electron chi connectivity index (χ0n) is 13.4. The van der Waals surface area contributed by atoms with Crippen molar-refractivity contribution >= 4 is 0 Å². The van der Waals surface area contributed by atoms with Crippen LogP contribution in [0.1, 0.15) is 51.5 Å². The first-order valence-corrected chi connectivity index (χ1v) is 8.25. The molecule has 0 heterocycles. The van der Waals surface area contributed by atoms with Gasteiger partial charge in [-0.25, -0.2) is 0 Å². The van der Waals surface area contributed by atoms with Crippen molar-refractivity contribution in [2.24, 2.45) is 0 Å². The van der Waals surface area contributed by atoms with Crippen LogP contribution in [0.4, 0.5) is 0 Å². The zero-order valence-corrected chi connectivity index (χ0v) is 13.4. The van der Waals surface area contributed by atoms with Crippen molar-refractivity contribution in [2.75, 3.05) is 13.2 Å². The summed E-state index contributed by atoms with van der Waals surface area (Å²) in [6, 6.07) is 8.97. The van der Waals surface area contributed by atoms with Gasteiger partial charge in [0.1, 0.15) is 5.75 Å². The minimum atomic E-state index is -0.121. The summed E-state index contributed by atoms with van der Waals surface area (Å²) < 4.78 is 5.76. The maximum absolute atomic E-state index is 9.55. The van der Waals surface area contributed by atoms with Gasteiger partial charge in [-0.3, -0.25) is 0 Å². The van der Waals surface area contributed by atoms with Crippen molar-refractivity contribution in [2.45, 2.75) is 64.0 Å². The third-order valence-corrected chi connectivity index (χ3v) is 4.20. The van der Waals surface area contributed by atoms with E-state index in [9.17, 15) is 5.11 Å². The number of hydrogen-bond donors (Lipinski definition) is 2. The third kappa shape index (κ3) is 5.68. The molecule has 1 aliphatic rings. The van der Waals surface area contributed by atoms with Gasteiger partial charge in [-0.2, -0.15) is 0 Å². The highest BCUT2D eigenvalue weighted by Crippen LogP contribution is 2.25. The van der Waals surface area contributed by atoms with Crippen LogP contribution in [-0.2, 0) is 6.42 Å². The lowest BCUT2D eigenvalue weighted by Gasteiger charge is -2.29. The van der Waals surface area contributed by atoms with E-state index in [1.165, 1.54) is 18.4 Å². The average Bonchev–Trinajstić information content (AvgIpc) is 3.31. The first-order valence-electron chi connectivity index (χ1n) is 8.25. The van der Waals surface area contributed by atoms with Crippen LogP contribution in [0.25, 0.3) is 0 Å². The van der Waals surface area contributed by atoms with Crippen molar-refractivity contribution < 1.29 is 9.84 Å². The van der Waals surface area contributed by atoms with Crippen molar-refractivity contribution in [3.05, 3.63) is 29.8 Å². The molecule has 3 nitrogen and oxygen atoms in total. The summed E-state index contributed by atoms with van der Waals surface area (Å²) in [7, 11) is 0. The quantitative estimate of drug-likeness (QED) is 0.650. The SMILES string of the molecule is CCc1ccc(OCCCCC(C)(CO)NC2CC2)cc1. The number of nitrogens with one attached hydrogen (secondary N) is 1. The Morgan fingerprint density at radius 2 is 1.95 bits per heavy atom. The van der Waals surface area contributed by atoms with Crippen molar-refractivity contribution in [3.8, 4) is 5.75 Å². The molecule has 0 spiro atoms. The van der Waals surface area contributed by atoms with E-state index < -0.39 is 0 Å². The monoisotopic (exact) mass is 291 g/mol. The van der Waals surface area contributed by atoms with Gasteiger partial charge in [0.2, 0.25) is 0 Å². The van der Waals surface area contributed by atoms with E-state index in [0.717, 1.165) is 38.0 Å². The molecule has 2 N–H and O–H groups in total. The molecule has 3 heteroatoms. The Hall–Kier alpha value is -1.06. The first kappa shape index (κ1) is 16.3. The summed E-state index contributed by atoms with van der Waals surface area (Å²) in [6.45, 7) is 5.23. The van der Waals surface area contributed by atoms with E-state index in [1.807, 2.05) is 12.1 Å². The number of benzene rings is 1. The van der Waals surface area contributed by atoms with E-state index in [1.54, 1.807) is 0 Å². The molecule has 1 fully saturated rings. The lowest BCUT2D eigenvalue weighted by molar-refractivity contribution is 0.158. The summed E-state index contributed by atoms with van der Waals surface area (Å²) >= 11 is 0. The Bertz CT molecular complexity index is 414. The Morgan fingerprint density at radius 1 is 1.24 bits per heavy atom. The molecule has 0 aromatic heterocycles. The fraction of sp³-hybridized carbons (Fsp3) is 0.667. The van der Waals surface area contributed by atoms with Crippen LogP contribution in [0.3, 0.4) is 0 Å². The van der Waals surface area contributed by atoms with E-state index in [4.69, 9.17) is 4.74 Å². The number of aliphatic hydroxyl groups excluding tert-OH is 1. The molecular weight excluding hydrogens is 262 g/mol. The Kier molecular flexibility index (Phi) is 6.07. The zero-order chi connectivity index (χ0) is 15.1. The number of hydrogen-bond acceptors (Lipinski definition) is 3. The third-order valence-electron chi connectivity index (χ3n) is 4.20. The van der Waals surface area contributed by atoms with Crippen LogP contribution >= 0.6 is 0 Å². The number of unbranched alkanes of at least 4 members (excludes halogenated alkanes) is 1. The van der Waals surface area contributed by atoms with Crippen molar-refractivity contribution in [1.82, 2.24) is 5.32 Å². The van der Waals surface area contributed by atoms with Crippen LogP contribution in [0.5, 0.6) is 5.75 Å². The number of ether oxygens (including phenoxy) is 1. The van der Waals surface area contributed by atoms with Gasteiger partial charge in [0.25, 0.3) is 0 Å². The Balaban J connectivity index is 1.62. The molecule has 0 saturated heterocycles. The second kappa shape index (κ2) is 7.81. The van der Waals surface area contributed by atoms with Gasteiger partial charge >= 0.3 is 0 Å². The summed E-state index contributed by atoms with van der Waals surface area (Å²) in [5.74, 6) is 0.952. The highest BCUT2D eigenvalue weighted by molar-refractivity contribution is 5.27. The summed E-state index contributed by atoms with van der Waals surface area (Å²) in [5, 5.41) is 13.1. The number of rotatable bonds is 10. The summed E-state index contributed by atoms with van der Waals surface area (Å²) in [6.07, 6.45) is 6.67. The number of aryl methyl sites for hydroxylation is 1. The molecule has 0 aliphatic heterocycles. The smallest absolute Gasteiger partial charge is 0.119 e. The van der Waals surface area contributed by atoms with Crippen LogP contribution < -0.4 is 10.1 Å². The van der Waals surface area contributed by atoms with E-state index in [2.05, 4.69) is 31.3 Å². The Labute approximate surface area is 128 Å². The highest BCUT2D eigenvalue weighted by Gasteiger charge is 2.31. The summed E-state index contributed by atoms with van der Waals surface area (Å²) in [5.41, 5.74) is 1.22. The van der Waals surface area contributed by atoms with Gasteiger partial charge in [0, 0.05) is 11.6 Å². The Morgan fingerprint density at radius 3 is 2.52 bits per heavy atom. The second-order valence-electron chi connectivity index (χ2n) is 6.44. The second-order valence-corrected chi connectivity index (χ2v) is 6.44. The molecule has 1 aromatic carbocycles. The normalized spacial score (nSPS) is 17.5. The first-order chi connectivity index (χ1) is 10.1. The maximum atomic E-state index is 9.55. The minimum Gasteiger partial charge on any atom is -0.494 e. The molecule has 1 aliphatic carbocycles. The van der Waals surface area contributed by atoms with Gasteiger partial charge in [0.15, 0.2) is 0 Å². The molecule has 1 unspecified atom stereocenters. The number of aliphatic hydroxyl groups is 1. The van der Waals surface area contributed by atoms with Gasteiger partial charge in [-0.1, -0.05) is 19.1 Å². The van der Waals surface area contributed by atoms with Crippen LogP contribution in [0, 0.1) is 0 Å².